The van der Waals surface area contributed by atoms with Gasteiger partial charge in [0.1, 0.15) is 9.84 Å². The number of hydrogen-bond acceptors (Lipinski definition) is 5. The van der Waals surface area contributed by atoms with E-state index in [1.54, 1.807) is 0 Å². The van der Waals surface area contributed by atoms with Crippen molar-refractivity contribution in [3.63, 3.8) is 0 Å². The number of nitrogens with zero attached hydrogens (tertiary/aromatic N) is 3. The molecule has 202 valence electrons. The first kappa shape index (κ1) is 28.2. The molecule has 1 unspecified atom stereocenters. The number of sulfone groups is 1. The fourth-order valence-electron chi connectivity index (χ4n) is 5.82. The van der Waals surface area contributed by atoms with E-state index >= 15 is 0 Å². The molecule has 7 nitrogen and oxygen atoms in total. The number of urea groups is 1. The van der Waals surface area contributed by atoms with E-state index in [9.17, 15) is 13.2 Å². The Labute approximate surface area is 230 Å². The van der Waals surface area contributed by atoms with Crippen molar-refractivity contribution in [2.45, 2.75) is 44.4 Å². The molecule has 0 bridgehead atoms. The van der Waals surface area contributed by atoms with Crippen LogP contribution in [0.15, 0.2) is 48.5 Å². The maximum atomic E-state index is 14.2. The van der Waals surface area contributed by atoms with Crippen LogP contribution in [0.1, 0.15) is 38.3 Å². The normalized spacial score (nSPS) is 27.0. The monoisotopic (exact) mass is 566 g/mol. The highest BCUT2D eigenvalue weighted by Crippen LogP contribution is 2.51. The Hall–Kier alpha value is -1.84. The van der Waals surface area contributed by atoms with Gasteiger partial charge in [-0.2, -0.15) is 0 Å². The molecule has 3 atom stereocenters. The molecular formula is C27H36Cl2N4O3S. The van der Waals surface area contributed by atoms with E-state index in [-0.39, 0.29) is 17.9 Å². The average Bonchev–Trinajstić information content (AvgIpc) is 3.05. The largest absolute Gasteiger partial charge is 0.322 e. The minimum Gasteiger partial charge on any atom is -0.322 e. The first-order valence-electron chi connectivity index (χ1n) is 12.6. The maximum absolute atomic E-state index is 14.2. The number of benzene rings is 2. The lowest BCUT2D eigenvalue weighted by atomic mass is 9.71. The molecule has 2 aromatic rings. The van der Waals surface area contributed by atoms with Crippen LogP contribution in [-0.4, -0.2) is 80.0 Å². The number of carbonyl (C=O) groups excluding carboxylic acids is 1. The SMILES string of the molecule is CC1N[C@@](C)(c2ccc(Cl)cc2)[C@@](C)(c2ccc(Cl)cc2)N1C(=O)N1CCN(CCCS(C)(=O)=O)CC1. The van der Waals surface area contributed by atoms with Crippen LogP contribution in [0.5, 0.6) is 0 Å². The van der Waals surface area contributed by atoms with Gasteiger partial charge < -0.3 is 4.90 Å². The van der Waals surface area contributed by atoms with Gasteiger partial charge in [-0.15, -0.1) is 0 Å². The predicted molar refractivity (Wildman–Crippen MR) is 150 cm³/mol. The summed E-state index contributed by atoms with van der Waals surface area (Å²) in [5, 5.41) is 5.03. The molecule has 2 fully saturated rings. The Kier molecular flexibility index (Phi) is 8.17. The van der Waals surface area contributed by atoms with E-state index in [0.717, 1.165) is 24.2 Å². The van der Waals surface area contributed by atoms with Crippen LogP contribution >= 0.6 is 23.2 Å². The van der Waals surface area contributed by atoms with Crippen LogP contribution < -0.4 is 5.32 Å². The van der Waals surface area contributed by atoms with Gasteiger partial charge in [-0.1, -0.05) is 47.5 Å². The van der Waals surface area contributed by atoms with Crippen molar-refractivity contribution in [1.29, 1.82) is 0 Å². The minimum atomic E-state index is -2.97. The van der Waals surface area contributed by atoms with Crippen molar-refractivity contribution in [1.82, 2.24) is 20.0 Å². The zero-order valence-electron chi connectivity index (χ0n) is 21.9. The maximum Gasteiger partial charge on any atom is 0.322 e. The molecule has 2 aromatic carbocycles. The summed E-state index contributed by atoms with van der Waals surface area (Å²) in [6, 6.07) is 15.5. The molecule has 37 heavy (non-hydrogen) atoms. The molecule has 10 heteroatoms. The molecular weight excluding hydrogens is 531 g/mol. The number of carbonyl (C=O) groups is 1. The highest BCUT2D eigenvalue weighted by atomic mass is 35.5. The van der Waals surface area contributed by atoms with Gasteiger partial charge in [0, 0.05) is 42.5 Å². The third-order valence-corrected chi connectivity index (χ3v) is 9.54. The molecule has 0 spiro atoms. The lowest BCUT2D eigenvalue weighted by molar-refractivity contribution is 0.0631. The van der Waals surface area contributed by atoms with E-state index < -0.39 is 20.9 Å². The quantitative estimate of drug-likeness (QED) is 0.555. The molecule has 0 saturated carbocycles. The smallest absolute Gasteiger partial charge is 0.322 e. The summed E-state index contributed by atoms with van der Waals surface area (Å²) in [7, 11) is -2.97. The summed E-state index contributed by atoms with van der Waals surface area (Å²) < 4.78 is 22.9. The summed E-state index contributed by atoms with van der Waals surface area (Å²) in [5.41, 5.74) is 0.689. The highest BCUT2D eigenvalue weighted by molar-refractivity contribution is 7.90. The lowest BCUT2D eigenvalue weighted by Crippen LogP contribution is -2.59. The number of hydrogen-bond donors (Lipinski definition) is 1. The van der Waals surface area contributed by atoms with Crippen molar-refractivity contribution in [3.8, 4) is 0 Å². The number of rotatable bonds is 6. The number of nitrogens with one attached hydrogen (secondary N) is 1. The number of amides is 2. The first-order chi connectivity index (χ1) is 17.3. The molecule has 2 saturated heterocycles. The molecule has 0 radical (unpaired) electrons. The van der Waals surface area contributed by atoms with Gasteiger partial charge in [-0.05, 0) is 69.1 Å². The van der Waals surface area contributed by atoms with Crippen LogP contribution in [-0.2, 0) is 20.9 Å². The zero-order chi connectivity index (χ0) is 27.0. The Bertz CT molecular complexity index is 1220. The first-order valence-corrected chi connectivity index (χ1v) is 15.4. The van der Waals surface area contributed by atoms with E-state index in [1.165, 1.54) is 6.26 Å². The topological polar surface area (TPSA) is 73.0 Å². The summed E-state index contributed by atoms with van der Waals surface area (Å²) in [6.07, 6.45) is 1.64. The molecule has 2 amide bonds. The van der Waals surface area contributed by atoms with Gasteiger partial charge in [0.15, 0.2) is 0 Å². The second kappa shape index (κ2) is 10.7. The third-order valence-electron chi connectivity index (χ3n) is 8.01. The number of piperazine rings is 1. The highest BCUT2D eigenvalue weighted by Gasteiger charge is 2.60. The second-order valence-electron chi connectivity index (χ2n) is 10.5. The second-order valence-corrected chi connectivity index (χ2v) is 13.6. The van der Waals surface area contributed by atoms with E-state index in [2.05, 4.69) is 24.1 Å². The summed E-state index contributed by atoms with van der Waals surface area (Å²) in [5.74, 6) is 0.186. The predicted octanol–water partition coefficient (Wildman–Crippen LogP) is 4.55. The Morgan fingerprint density at radius 1 is 0.946 bits per heavy atom. The summed E-state index contributed by atoms with van der Waals surface area (Å²) in [6.45, 7) is 9.61. The molecule has 0 aliphatic carbocycles. The molecule has 1 N–H and O–H groups in total. The third kappa shape index (κ3) is 5.64. The average molecular weight is 568 g/mol. The molecule has 4 rings (SSSR count). The van der Waals surface area contributed by atoms with Crippen LogP contribution in [0.4, 0.5) is 4.79 Å². The minimum absolute atomic E-state index is 0.0223. The van der Waals surface area contributed by atoms with Crippen LogP contribution in [0.2, 0.25) is 10.0 Å². The van der Waals surface area contributed by atoms with Gasteiger partial charge >= 0.3 is 6.03 Å². The number of halogens is 2. The van der Waals surface area contributed by atoms with Crippen molar-refractivity contribution in [2.24, 2.45) is 0 Å². The van der Waals surface area contributed by atoms with Crippen LogP contribution in [0.3, 0.4) is 0 Å². The van der Waals surface area contributed by atoms with Gasteiger partial charge in [0.25, 0.3) is 0 Å². The van der Waals surface area contributed by atoms with E-state index in [0.29, 0.717) is 36.1 Å². The lowest BCUT2D eigenvalue weighted by Gasteiger charge is -2.48. The van der Waals surface area contributed by atoms with Crippen molar-refractivity contribution in [2.75, 3.05) is 44.7 Å². The zero-order valence-corrected chi connectivity index (χ0v) is 24.2. The van der Waals surface area contributed by atoms with Crippen molar-refractivity contribution < 1.29 is 13.2 Å². The molecule has 2 heterocycles. The van der Waals surface area contributed by atoms with E-state index in [4.69, 9.17) is 23.2 Å². The van der Waals surface area contributed by atoms with Crippen molar-refractivity contribution in [3.05, 3.63) is 69.7 Å². The van der Waals surface area contributed by atoms with Crippen LogP contribution in [0, 0.1) is 0 Å². The summed E-state index contributed by atoms with van der Waals surface area (Å²) >= 11 is 12.4. The van der Waals surface area contributed by atoms with E-state index in [1.807, 2.05) is 65.3 Å². The van der Waals surface area contributed by atoms with Gasteiger partial charge in [0.2, 0.25) is 0 Å². The summed E-state index contributed by atoms with van der Waals surface area (Å²) in [4.78, 5) is 20.3. The molecule has 2 aliphatic rings. The fraction of sp³-hybridized carbons (Fsp3) is 0.519. The van der Waals surface area contributed by atoms with Crippen LogP contribution in [0.25, 0.3) is 0 Å². The Morgan fingerprint density at radius 3 is 1.97 bits per heavy atom. The van der Waals surface area contributed by atoms with Gasteiger partial charge in [-0.25, -0.2) is 13.2 Å². The Morgan fingerprint density at radius 2 is 1.46 bits per heavy atom. The fourth-order valence-corrected chi connectivity index (χ4v) is 6.73. The van der Waals surface area contributed by atoms with Gasteiger partial charge in [-0.3, -0.25) is 15.1 Å². The molecule has 0 aromatic heterocycles. The van der Waals surface area contributed by atoms with Crippen molar-refractivity contribution >= 4 is 39.1 Å². The Balaban J connectivity index is 1.60. The van der Waals surface area contributed by atoms with Gasteiger partial charge in [0.05, 0.1) is 23.0 Å². The molecule has 2 aliphatic heterocycles. The standard InChI is InChI=1S/C27H36Cl2N4O3S/c1-20-30-26(2,21-6-10-23(28)11-7-21)27(3,22-8-12-24(29)13-9-22)33(20)25(34)32-17-15-31(16-18-32)14-5-19-37(4,35)36/h6-13,20,30H,5,14-19H2,1-4H3/t20?,26-,27+/m0/s1.